The minimum atomic E-state index is -6.16. The molecule has 8 atom stereocenters. The summed E-state index contributed by atoms with van der Waals surface area (Å²) in [4.78, 5) is 79.3. The summed E-state index contributed by atoms with van der Waals surface area (Å²) in [6, 6.07) is 0.879. The monoisotopic (exact) mass is 673 g/mol. The van der Waals surface area contributed by atoms with Gasteiger partial charge < -0.3 is 39.9 Å². The van der Waals surface area contributed by atoms with E-state index in [1.807, 2.05) is 9.97 Å². The maximum absolute atomic E-state index is 12.1. The second-order valence-corrected chi connectivity index (χ2v) is 13.7. The van der Waals surface area contributed by atoms with Crippen LogP contribution in [0.1, 0.15) is 6.23 Å². The van der Waals surface area contributed by atoms with Crippen molar-refractivity contribution in [2.75, 3.05) is 12.3 Å². The summed E-state index contributed by atoms with van der Waals surface area (Å²) in [6.07, 6.45) is -5.67. The van der Waals surface area contributed by atoms with Gasteiger partial charge in [0.05, 0.1) is 12.8 Å². The normalized spacial score (nSPS) is 26.8. The lowest BCUT2D eigenvalue weighted by Crippen LogP contribution is -2.37. The van der Waals surface area contributed by atoms with E-state index >= 15 is 0 Å². The zero-order chi connectivity index (χ0) is 31.0. The Balaban J connectivity index is 1.61. The van der Waals surface area contributed by atoms with E-state index in [1.54, 1.807) is 0 Å². The van der Waals surface area contributed by atoms with Crippen LogP contribution in [0.15, 0.2) is 32.8 Å². The van der Waals surface area contributed by atoms with Gasteiger partial charge in [-0.2, -0.15) is 17.9 Å². The highest BCUT2D eigenvalue weighted by atomic mass is 31.3. The number of phosphoric ester groups is 2. The van der Waals surface area contributed by atoms with Crippen molar-refractivity contribution in [2.45, 2.75) is 24.5 Å². The first-order valence-corrected chi connectivity index (χ1v) is 16.1. The number of anilines is 1. The number of phosphoric acid groups is 4. The predicted molar refractivity (Wildman–Crippen MR) is 126 cm³/mol. The number of hydrogen-bond donors (Lipinski definition) is 9. The molecule has 1 aliphatic rings. The van der Waals surface area contributed by atoms with Gasteiger partial charge in [0.2, 0.25) is 0 Å². The molecule has 0 aliphatic carbocycles. The number of ether oxygens (including phenoxy) is 1. The summed E-state index contributed by atoms with van der Waals surface area (Å²) in [5.74, 6) is -1.53. The van der Waals surface area contributed by atoms with Gasteiger partial charge in [-0.3, -0.25) is 28.7 Å². The van der Waals surface area contributed by atoms with E-state index in [2.05, 4.69) is 27.0 Å². The number of aromatic amines is 2. The standard InChI is InChI=1S/C13H19N5O19P4/c14-10-5(3-15-12(22)17-10)34-39(26,27)36-41(30,31)37-40(28,29)35-38(24,25)32-4-6-8(20)9(21)11(33-6)18-2-1-7(19)16-13(18)23/h1-3,6,8-9,11,20-21H,4H2,(H,24,25)(H,26,27)(H,28,29)(H,30,31)(H,16,19,23)(H3,14,15,17,22)/t6-,8-,9-,11+/m1/s1. The summed E-state index contributed by atoms with van der Waals surface area (Å²) < 4.78 is 73.7. The number of hydrogen-bond acceptors (Lipinski definition) is 17. The van der Waals surface area contributed by atoms with E-state index in [-0.39, 0.29) is 0 Å². The summed E-state index contributed by atoms with van der Waals surface area (Å²) in [7, 11) is -23.8. The molecular weight excluding hydrogens is 654 g/mol. The number of rotatable bonds is 12. The quantitative estimate of drug-likeness (QED) is 0.104. The number of nitrogens with one attached hydrogen (secondary N) is 2. The highest BCUT2D eigenvalue weighted by molar-refractivity contribution is 7.69. The van der Waals surface area contributed by atoms with E-state index < -0.39 is 90.9 Å². The Morgan fingerprint density at radius 1 is 0.927 bits per heavy atom. The lowest BCUT2D eigenvalue weighted by molar-refractivity contribution is -0.0542. The molecule has 0 amide bonds. The van der Waals surface area contributed by atoms with Crippen LogP contribution in [0, 0.1) is 0 Å². The lowest BCUT2D eigenvalue weighted by Gasteiger charge is -2.21. The van der Waals surface area contributed by atoms with Gasteiger partial charge >= 0.3 is 42.7 Å². The maximum atomic E-state index is 12.1. The number of aliphatic hydroxyl groups is 2. The van der Waals surface area contributed by atoms with E-state index in [0.29, 0.717) is 10.8 Å². The highest BCUT2D eigenvalue weighted by Crippen LogP contribution is 2.71. The fraction of sp³-hybridized carbons (Fsp3) is 0.385. The van der Waals surface area contributed by atoms with E-state index in [0.717, 1.165) is 12.3 Å². The third-order valence-corrected chi connectivity index (χ3v) is 10.4. The van der Waals surface area contributed by atoms with Crippen molar-refractivity contribution in [1.82, 2.24) is 19.5 Å². The molecule has 1 fully saturated rings. The first kappa shape index (κ1) is 33.1. The lowest BCUT2D eigenvalue weighted by atomic mass is 10.1. The molecular formula is C13H19N5O19P4. The molecule has 4 unspecified atom stereocenters. The molecule has 3 heterocycles. The van der Waals surface area contributed by atoms with E-state index in [1.165, 1.54) is 0 Å². The Bertz CT molecular complexity index is 1650. The first-order chi connectivity index (χ1) is 18.7. The van der Waals surface area contributed by atoms with Crippen LogP contribution in [-0.4, -0.2) is 74.2 Å². The van der Waals surface area contributed by atoms with Crippen LogP contribution < -0.4 is 27.2 Å². The smallest absolute Gasteiger partial charge is 0.398 e. The molecule has 0 bridgehead atoms. The van der Waals surface area contributed by atoms with Crippen molar-refractivity contribution in [3.8, 4) is 5.75 Å². The molecule has 0 saturated carbocycles. The summed E-state index contributed by atoms with van der Waals surface area (Å²) >= 11 is 0. The van der Waals surface area contributed by atoms with E-state index in [4.69, 9.17) is 10.5 Å². The van der Waals surface area contributed by atoms with Gasteiger partial charge in [-0.1, -0.05) is 0 Å². The minimum absolute atomic E-state index is 0.508. The Hall–Kier alpha value is -2.36. The van der Waals surface area contributed by atoms with Crippen LogP contribution in [0.4, 0.5) is 5.82 Å². The van der Waals surface area contributed by atoms with Crippen molar-refractivity contribution < 1.29 is 74.8 Å². The van der Waals surface area contributed by atoms with Crippen molar-refractivity contribution in [3.05, 3.63) is 49.8 Å². The van der Waals surface area contributed by atoms with Crippen molar-refractivity contribution in [2.24, 2.45) is 0 Å². The van der Waals surface area contributed by atoms with Gasteiger partial charge in [0.1, 0.15) is 24.1 Å². The van der Waals surface area contributed by atoms with Gasteiger partial charge in [-0.25, -0.2) is 27.8 Å². The number of aromatic nitrogens is 4. The van der Waals surface area contributed by atoms with Gasteiger partial charge in [-0.05, 0) is 0 Å². The third kappa shape index (κ3) is 9.06. The van der Waals surface area contributed by atoms with Crippen LogP contribution in [0.2, 0.25) is 0 Å². The first-order valence-electron chi connectivity index (χ1n) is 10.2. The molecule has 0 spiro atoms. The second kappa shape index (κ2) is 12.1. The third-order valence-electron chi connectivity index (χ3n) is 4.50. The molecule has 41 heavy (non-hydrogen) atoms. The number of nitrogens with two attached hydrogens (primary N) is 1. The zero-order valence-electron chi connectivity index (χ0n) is 19.5. The van der Waals surface area contributed by atoms with Gasteiger partial charge in [-0.15, -0.1) is 0 Å². The van der Waals surface area contributed by atoms with Crippen molar-refractivity contribution in [3.63, 3.8) is 0 Å². The van der Waals surface area contributed by atoms with Crippen LogP contribution in [0.3, 0.4) is 0 Å². The summed E-state index contributed by atoms with van der Waals surface area (Å²) in [5, 5.41) is 20.2. The number of H-pyrrole nitrogens is 2. The van der Waals surface area contributed by atoms with Crippen molar-refractivity contribution in [1.29, 1.82) is 0 Å². The fourth-order valence-electron chi connectivity index (χ4n) is 2.95. The number of nitrogen functional groups attached to an aromatic ring is 1. The average Bonchev–Trinajstić information content (AvgIpc) is 3.05. The molecule has 28 heteroatoms. The fourth-order valence-corrected chi connectivity index (χ4v) is 7.90. The van der Waals surface area contributed by atoms with Crippen LogP contribution >= 0.6 is 31.3 Å². The summed E-state index contributed by atoms with van der Waals surface area (Å²) in [6.45, 7) is -1.18. The Labute approximate surface area is 224 Å². The minimum Gasteiger partial charge on any atom is -0.398 e. The Kier molecular flexibility index (Phi) is 9.78. The molecule has 230 valence electrons. The Morgan fingerprint density at radius 2 is 1.51 bits per heavy atom. The molecule has 2 aromatic heterocycles. The van der Waals surface area contributed by atoms with Crippen LogP contribution in [0.5, 0.6) is 5.75 Å². The van der Waals surface area contributed by atoms with E-state index in [9.17, 15) is 62.4 Å². The molecule has 0 aromatic carbocycles. The molecule has 1 saturated heterocycles. The topological polar surface area (TPSA) is 372 Å². The largest absolute Gasteiger partial charge is 0.536 e. The van der Waals surface area contributed by atoms with Gasteiger partial charge in [0, 0.05) is 12.3 Å². The molecule has 10 N–H and O–H groups in total. The van der Waals surface area contributed by atoms with Crippen LogP contribution in [0.25, 0.3) is 0 Å². The second-order valence-electron chi connectivity index (χ2n) is 7.54. The Morgan fingerprint density at radius 3 is 2.10 bits per heavy atom. The molecule has 2 aromatic rings. The number of nitrogens with zero attached hydrogens (tertiary/aromatic N) is 2. The van der Waals surface area contributed by atoms with Crippen LogP contribution in [-0.2, 0) is 40.5 Å². The maximum Gasteiger partial charge on any atom is 0.536 e. The van der Waals surface area contributed by atoms with Gasteiger partial charge in [0.15, 0.2) is 12.0 Å². The molecule has 1 aliphatic heterocycles. The van der Waals surface area contributed by atoms with Gasteiger partial charge in [0.25, 0.3) is 5.56 Å². The molecule has 24 nitrogen and oxygen atoms in total. The molecule has 0 radical (unpaired) electrons. The predicted octanol–water partition coefficient (Wildman–Crippen LogP) is -2.63. The average molecular weight is 673 g/mol. The highest BCUT2D eigenvalue weighted by Gasteiger charge is 2.48. The summed E-state index contributed by atoms with van der Waals surface area (Å²) in [5.41, 5.74) is 2.42. The SMILES string of the molecule is Nc1[nH]c(=O)ncc1OP(=O)(O)OP(=O)(O)OP(=O)(O)OP(=O)(O)OC[C@H]1O[C@H](n2ccc(=O)[nH]c2=O)[C@H](O)[C@@H]1O. The molecule has 3 rings (SSSR count). The zero-order valence-corrected chi connectivity index (χ0v) is 23.1. The number of aliphatic hydroxyl groups excluding tert-OH is 2. The van der Waals surface area contributed by atoms with Crippen molar-refractivity contribution >= 4 is 37.1 Å².